The lowest BCUT2D eigenvalue weighted by Crippen LogP contribution is -2.09. The number of phenols is 1. The molecule has 0 aliphatic heterocycles. The summed E-state index contributed by atoms with van der Waals surface area (Å²) in [7, 11) is -3.29. The fraction of sp³-hybridized carbons (Fsp3) is 0.500. The quantitative estimate of drug-likeness (QED) is 0.857. The summed E-state index contributed by atoms with van der Waals surface area (Å²) < 4.78 is 23.4. The zero-order valence-corrected chi connectivity index (χ0v) is 11.2. The summed E-state index contributed by atoms with van der Waals surface area (Å²) in [6.07, 6.45) is 1.86. The highest BCUT2D eigenvalue weighted by atomic mass is 32.2. The third-order valence-electron chi connectivity index (χ3n) is 2.86. The lowest BCUT2D eigenvalue weighted by atomic mass is 9.96. The average molecular weight is 257 g/mol. The van der Waals surface area contributed by atoms with E-state index in [1.165, 1.54) is 18.4 Å². The number of aryl methyl sites for hydroxylation is 1. The molecule has 1 atom stereocenters. The predicted octanol–water partition coefficient (Wildman–Crippen LogP) is 1.56. The van der Waals surface area contributed by atoms with Crippen LogP contribution >= 0.6 is 0 Å². The Morgan fingerprint density at radius 3 is 2.47 bits per heavy atom. The molecule has 1 unspecified atom stereocenters. The van der Waals surface area contributed by atoms with Crippen molar-refractivity contribution in [3.8, 4) is 5.75 Å². The van der Waals surface area contributed by atoms with Crippen LogP contribution in [0, 0.1) is 6.92 Å². The maximum Gasteiger partial charge on any atom is 0.175 e. The van der Waals surface area contributed by atoms with Crippen LogP contribution in [0.25, 0.3) is 0 Å². The van der Waals surface area contributed by atoms with Crippen LogP contribution in [-0.2, 0) is 9.84 Å². The standard InChI is InChI=1S/C12H19NO3S/c1-8(4-5-13)10-7-11(14)9(2)6-12(10)17(3,15)16/h6-8,14H,4-5,13H2,1-3H3. The minimum atomic E-state index is -3.29. The first-order valence-corrected chi connectivity index (χ1v) is 7.40. The fourth-order valence-corrected chi connectivity index (χ4v) is 2.88. The van der Waals surface area contributed by atoms with E-state index in [2.05, 4.69) is 0 Å². The van der Waals surface area contributed by atoms with Crippen molar-refractivity contribution in [1.29, 1.82) is 0 Å². The van der Waals surface area contributed by atoms with Crippen LogP contribution in [0.5, 0.6) is 5.75 Å². The Morgan fingerprint density at radius 1 is 1.41 bits per heavy atom. The molecular formula is C12H19NO3S. The maximum atomic E-state index is 11.7. The van der Waals surface area contributed by atoms with Crippen molar-refractivity contribution in [3.63, 3.8) is 0 Å². The summed E-state index contributed by atoms with van der Waals surface area (Å²) in [6.45, 7) is 4.08. The van der Waals surface area contributed by atoms with Gasteiger partial charge >= 0.3 is 0 Å². The fourth-order valence-electron chi connectivity index (χ4n) is 1.80. The number of hydrogen-bond donors (Lipinski definition) is 2. The second kappa shape index (κ2) is 5.06. The molecule has 1 rings (SSSR count). The lowest BCUT2D eigenvalue weighted by Gasteiger charge is -2.16. The predicted molar refractivity (Wildman–Crippen MR) is 68.0 cm³/mol. The second-order valence-electron chi connectivity index (χ2n) is 4.43. The maximum absolute atomic E-state index is 11.7. The van der Waals surface area contributed by atoms with Crippen molar-refractivity contribution in [2.45, 2.75) is 31.1 Å². The van der Waals surface area contributed by atoms with Crippen LogP contribution in [0.3, 0.4) is 0 Å². The smallest absolute Gasteiger partial charge is 0.175 e. The number of benzene rings is 1. The number of aromatic hydroxyl groups is 1. The van der Waals surface area contributed by atoms with Crippen LogP contribution < -0.4 is 5.73 Å². The highest BCUT2D eigenvalue weighted by molar-refractivity contribution is 7.90. The molecule has 17 heavy (non-hydrogen) atoms. The minimum absolute atomic E-state index is 0.0104. The minimum Gasteiger partial charge on any atom is -0.508 e. The van der Waals surface area contributed by atoms with Gasteiger partial charge in [-0.05, 0) is 49.1 Å². The van der Waals surface area contributed by atoms with E-state index in [-0.39, 0.29) is 16.6 Å². The molecule has 0 aromatic heterocycles. The van der Waals surface area contributed by atoms with Crippen LogP contribution in [0.2, 0.25) is 0 Å². The molecule has 0 amide bonds. The summed E-state index contributed by atoms with van der Waals surface area (Å²) in [5.41, 5.74) is 6.69. The van der Waals surface area contributed by atoms with E-state index in [1.54, 1.807) is 6.92 Å². The topological polar surface area (TPSA) is 80.4 Å². The molecule has 0 spiro atoms. The first kappa shape index (κ1) is 14.0. The van der Waals surface area contributed by atoms with Gasteiger partial charge in [0.15, 0.2) is 9.84 Å². The Morgan fingerprint density at radius 2 is 2.00 bits per heavy atom. The van der Waals surface area contributed by atoms with E-state index in [1.807, 2.05) is 6.92 Å². The summed E-state index contributed by atoms with van der Waals surface area (Å²) >= 11 is 0. The van der Waals surface area contributed by atoms with Gasteiger partial charge in [-0.3, -0.25) is 0 Å². The van der Waals surface area contributed by atoms with Crippen LogP contribution in [0.15, 0.2) is 17.0 Å². The first-order valence-electron chi connectivity index (χ1n) is 5.51. The molecule has 4 nitrogen and oxygen atoms in total. The van der Waals surface area contributed by atoms with E-state index >= 15 is 0 Å². The molecule has 0 saturated heterocycles. The number of nitrogens with two attached hydrogens (primary N) is 1. The summed E-state index contributed by atoms with van der Waals surface area (Å²) in [5.74, 6) is 0.132. The van der Waals surface area contributed by atoms with E-state index < -0.39 is 9.84 Å². The van der Waals surface area contributed by atoms with E-state index in [0.717, 1.165) is 0 Å². The van der Waals surface area contributed by atoms with Gasteiger partial charge in [0.2, 0.25) is 0 Å². The van der Waals surface area contributed by atoms with Crippen molar-refractivity contribution < 1.29 is 13.5 Å². The first-order chi connectivity index (χ1) is 7.77. The van der Waals surface area contributed by atoms with Gasteiger partial charge in [0.05, 0.1) is 4.90 Å². The highest BCUT2D eigenvalue weighted by Gasteiger charge is 2.19. The van der Waals surface area contributed by atoms with Gasteiger partial charge < -0.3 is 10.8 Å². The van der Waals surface area contributed by atoms with Gasteiger partial charge in [-0.25, -0.2) is 8.42 Å². The van der Waals surface area contributed by atoms with Crippen LogP contribution in [-0.4, -0.2) is 26.3 Å². The largest absolute Gasteiger partial charge is 0.508 e. The second-order valence-corrected chi connectivity index (χ2v) is 6.41. The third-order valence-corrected chi connectivity index (χ3v) is 4.01. The molecule has 0 fully saturated rings. The zero-order chi connectivity index (χ0) is 13.2. The molecule has 0 heterocycles. The molecule has 0 bridgehead atoms. The zero-order valence-electron chi connectivity index (χ0n) is 10.4. The molecule has 0 saturated carbocycles. The molecule has 3 N–H and O–H groups in total. The van der Waals surface area contributed by atoms with Gasteiger partial charge in [0.25, 0.3) is 0 Å². The van der Waals surface area contributed by atoms with E-state index in [0.29, 0.717) is 24.1 Å². The number of sulfone groups is 1. The number of rotatable bonds is 4. The third kappa shape index (κ3) is 3.20. The van der Waals surface area contributed by atoms with E-state index in [9.17, 15) is 13.5 Å². The Bertz CT molecular complexity index is 509. The number of hydrogen-bond acceptors (Lipinski definition) is 4. The summed E-state index contributed by atoms with van der Waals surface area (Å²) in [5, 5.41) is 9.68. The van der Waals surface area contributed by atoms with Crippen molar-refractivity contribution in [1.82, 2.24) is 0 Å². The SMILES string of the molecule is Cc1cc(S(C)(=O)=O)c(C(C)CCN)cc1O. The highest BCUT2D eigenvalue weighted by Crippen LogP contribution is 2.31. The average Bonchev–Trinajstić information content (AvgIpc) is 2.20. The Kier molecular flexibility index (Phi) is 4.16. The van der Waals surface area contributed by atoms with Gasteiger partial charge in [0, 0.05) is 6.26 Å². The lowest BCUT2D eigenvalue weighted by molar-refractivity contribution is 0.468. The molecule has 0 aliphatic carbocycles. The molecule has 5 heteroatoms. The van der Waals surface area contributed by atoms with Gasteiger partial charge in [0.1, 0.15) is 5.75 Å². The number of phenolic OH excluding ortho intramolecular Hbond substituents is 1. The molecule has 96 valence electrons. The molecule has 0 radical (unpaired) electrons. The van der Waals surface area contributed by atoms with Crippen molar-refractivity contribution in [3.05, 3.63) is 23.3 Å². The van der Waals surface area contributed by atoms with Crippen molar-refractivity contribution in [2.24, 2.45) is 5.73 Å². The van der Waals surface area contributed by atoms with Gasteiger partial charge in [-0.2, -0.15) is 0 Å². The van der Waals surface area contributed by atoms with Gasteiger partial charge in [-0.1, -0.05) is 6.92 Å². The molecule has 0 aliphatic rings. The Balaban J connectivity index is 3.41. The molecular weight excluding hydrogens is 238 g/mol. The Hall–Kier alpha value is -1.07. The Labute approximate surface area is 102 Å². The summed E-state index contributed by atoms with van der Waals surface area (Å²) in [6, 6.07) is 3.05. The van der Waals surface area contributed by atoms with Crippen LogP contribution in [0.4, 0.5) is 0 Å². The monoisotopic (exact) mass is 257 g/mol. The summed E-state index contributed by atoms with van der Waals surface area (Å²) in [4.78, 5) is 0.286. The van der Waals surface area contributed by atoms with Crippen molar-refractivity contribution >= 4 is 9.84 Å². The van der Waals surface area contributed by atoms with Gasteiger partial charge in [-0.15, -0.1) is 0 Å². The van der Waals surface area contributed by atoms with Crippen LogP contribution in [0.1, 0.15) is 30.4 Å². The van der Waals surface area contributed by atoms with Crippen molar-refractivity contribution in [2.75, 3.05) is 12.8 Å². The molecule has 1 aromatic carbocycles. The normalized spacial score (nSPS) is 13.6. The van der Waals surface area contributed by atoms with E-state index in [4.69, 9.17) is 5.73 Å². The molecule has 1 aromatic rings.